The molecule has 0 aromatic rings. The van der Waals surface area contributed by atoms with E-state index in [2.05, 4.69) is 11.4 Å². The minimum absolute atomic E-state index is 0.809. The molecule has 0 rings (SSSR count). The summed E-state index contributed by atoms with van der Waals surface area (Å²) in [5.74, 6) is 0. The van der Waals surface area contributed by atoms with Gasteiger partial charge in [0.2, 0.25) is 0 Å². The van der Waals surface area contributed by atoms with Crippen LogP contribution in [-0.4, -0.2) is 27.4 Å². The molecule has 0 atom stereocenters. The monoisotopic (exact) mass is 180 g/mol. The molecule has 2 heteroatoms. The van der Waals surface area contributed by atoms with Crippen LogP contribution in [-0.2, 0) is 0 Å². The molecule has 0 aliphatic rings. The van der Waals surface area contributed by atoms with E-state index in [0.717, 1.165) is 27.4 Å². The van der Waals surface area contributed by atoms with E-state index in [1.807, 2.05) is 0 Å². The Balaban J connectivity index is 1.97. The van der Waals surface area contributed by atoms with Crippen LogP contribution in [0.3, 0.4) is 0 Å². The normalized spacial score (nSPS) is 13.5. The summed E-state index contributed by atoms with van der Waals surface area (Å²) in [5.41, 5.74) is 4.63. The van der Waals surface area contributed by atoms with E-state index in [0.29, 0.717) is 0 Å². The van der Waals surface area contributed by atoms with Crippen molar-refractivity contribution in [1.29, 1.82) is 0 Å². The maximum absolute atomic E-state index is 2.32. The van der Waals surface area contributed by atoms with Crippen molar-refractivity contribution in [3.05, 3.63) is 0 Å². The van der Waals surface area contributed by atoms with Gasteiger partial charge in [0.05, 0.1) is 0 Å². The van der Waals surface area contributed by atoms with Gasteiger partial charge in [0.15, 0.2) is 0 Å². The van der Waals surface area contributed by atoms with E-state index >= 15 is 0 Å². The van der Waals surface area contributed by atoms with Crippen LogP contribution < -0.4 is 0 Å². The van der Waals surface area contributed by atoms with Gasteiger partial charge >= 0.3 is 38.8 Å². The number of rotatable bonds is 1. The second kappa shape index (κ2) is 4.12. The third kappa shape index (κ3) is 3.12. The fraction of sp³-hybridized carbons (Fsp3) is 1.00. The Labute approximate surface area is 39.0 Å². The molecule has 0 heterocycles. The van der Waals surface area contributed by atoms with Crippen molar-refractivity contribution in [2.24, 2.45) is 0 Å². The zero-order valence-corrected chi connectivity index (χ0v) is 6.65. The van der Waals surface area contributed by atoms with E-state index in [-0.39, 0.29) is 0 Å². The minimum atomic E-state index is 0.809. The Hall–Kier alpha value is 1.12. The van der Waals surface area contributed by atoms with Crippen LogP contribution >= 0.6 is 0 Å². The predicted octanol–water partition coefficient (Wildman–Crippen LogP) is 0.406. The molecule has 0 aromatic carbocycles. The Kier molecular flexibility index (Phi) is 5.27. The second-order valence-corrected chi connectivity index (χ2v) is 10.8. The van der Waals surface area contributed by atoms with Crippen molar-refractivity contribution >= 4 is 27.4 Å². The van der Waals surface area contributed by atoms with Crippen molar-refractivity contribution in [2.75, 3.05) is 0 Å². The van der Waals surface area contributed by atoms with Crippen molar-refractivity contribution in [2.45, 2.75) is 11.4 Å². The molecule has 0 aromatic heterocycles. The molecule has 0 aliphatic heterocycles. The van der Waals surface area contributed by atoms with Gasteiger partial charge in [-0.25, -0.2) is 0 Å². The molecule has 0 fully saturated rings. The molecule has 24 valence electrons. The van der Waals surface area contributed by atoms with Crippen LogP contribution in [0, 0.1) is 0 Å². The van der Waals surface area contributed by atoms with Crippen LogP contribution in [0.2, 0.25) is 11.4 Å². The summed E-state index contributed by atoms with van der Waals surface area (Å²) in [6.45, 7) is 0. The fourth-order valence-corrected chi connectivity index (χ4v) is 0. The van der Waals surface area contributed by atoms with Crippen LogP contribution in [0.15, 0.2) is 0 Å². The number of hydrogen-bond acceptors (Lipinski definition) is 0. The van der Waals surface area contributed by atoms with Crippen LogP contribution in [0.4, 0.5) is 0 Å². The molecule has 0 unspecified atom stereocenters. The van der Waals surface area contributed by atoms with Gasteiger partial charge in [0, 0.05) is 0 Å². The summed E-state index contributed by atoms with van der Waals surface area (Å²) in [5, 5.41) is 0. The molecule has 2 radical (unpaired) electrons. The maximum atomic E-state index is 2.32. The first-order chi connectivity index (χ1) is 1.91. The van der Waals surface area contributed by atoms with Crippen LogP contribution in [0.5, 0.6) is 0 Å². The zero-order valence-electron chi connectivity index (χ0n) is 2.89. The molecule has 0 nitrogen and oxygen atoms in total. The Morgan fingerprint density at radius 3 is 1.25 bits per heavy atom. The Morgan fingerprint density at radius 1 is 1.00 bits per heavy atom. The van der Waals surface area contributed by atoms with Gasteiger partial charge in [0.1, 0.15) is 0 Å². The predicted molar refractivity (Wildman–Crippen MR) is 23.2 cm³/mol. The summed E-state index contributed by atoms with van der Waals surface area (Å²) in [4.78, 5) is 0. The third-order valence-corrected chi connectivity index (χ3v) is 5.40. The molecule has 0 amide bonds. The molecule has 0 saturated heterocycles. The third-order valence-electron chi connectivity index (χ3n) is 0.200. The van der Waals surface area contributed by atoms with Crippen LogP contribution in [0.25, 0.3) is 0 Å². The Morgan fingerprint density at radius 2 is 1.25 bits per heavy atom. The number of hydrogen-bond donors (Lipinski definition) is 0. The van der Waals surface area contributed by atoms with E-state index in [4.69, 9.17) is 0 Å². The van der Waals surface area contributed by atoms with Gasteiger partial charge in [-0.15, -0.1) is 0 Å². The first-order valence-corrected chi connectivity index (χ1v) is 10.0. The summed E-state index contributed by atoms with van der Waals surface area (Å²) in [6.07, 6.45) is 0. The van der Waals surface area contributed by atoms with Gasteiger partial charge in [0.25, 0.3) is 0 Å². The van der Waals surface area contributed by atoms with Crippen molar-refractivity contribution in [3.8, 4) is 0 Å². The van der Waals surface area contributed by atoms with E-state index < -0.39 is 0 Å². The first kappa shape index (κ1) is 5.12. The van der Waals surface area contributed by atoms with Crippen LogP contribution in [0.1, 0.15) is 0 Å². The second-order valence-electron chi connectivity index (χ2n) is 0.400. The molecule has 0 aliphatic carbocycles. The molecule has 0 bridgehead atoms. The average Bonchev–Trinajstić information content (AvgIpc) is 1.37. The summed E-state index contributed by atoms with van der Waals surface area (Å²) >= 11 is 1.62. The molecule has 0 saturated carbocycles. The molecule has 0 N–H and O–H groups in total. The average molecular weight is 180 g/mol. The standard InChI is InChI=1S/C2H6As2/c1-3-4-2/h1-2H3. The van der Waals surface area contributed by atoms with Gasteiger partial charge in [-0.05, 0) is 0 Å². The molecule has 4 heavy (non-hydrogen) atoms. The van der Waals surface area contributed by atoms with Gasteiger partial charge in [-0.2, -0.15) is 0 Å². The molecular formula is C2H6As2. The van der Waals surface area contributed by atoms with Crippen molar-refractivity contribution < 1.29 is 0 Å². The van der Waals surface area contributed by atoms with E-state index in [1.165, 1.54) is 0 Å². The quantitative estimate of drug-likeness (QED) is 0.512. The summed E-state index contributed by atoms with van der Waals surface area (Å²) in [6, 6.07) is 0. The Bertz CT molecular complexity index is 6.00. The van der Waals surface area contributed by atoms with E-state index in [1.54, 1.807) is 0 Å². The van der Waals surface area contributed by atoms with Gasteiger partial charge in [-0.3, -0.25) is 0 Å². The summed E-state index contributed by atoms with van der Waals surface area (Å²) < 4.78 is 0. The van der Waals surface area contributed by atoms with Gasteiger partial charge < -0.3 is 0 Å². The topological polar surface area (TPSA) is 0 Å². The molecule has 0 spiro atoms. The zero-order chi connectivity index (χ0) is 3.41. The van der Waals surface area contributed by atoms with Crippen molar-refractivity contribution in [1.82, 2.24) is 0 Å². The fourth-order valence-electron chi connectivity index (χ4n) is 0. The molecular weight excluding hydrogens is 174 g/mol. The SMILES string of the molecule is C[As][As]C. The van der Waals surface area contributed by atoms with Gasteiger partial charge in [-0.1, -0.05) is 0 Å². The summed E-state index contributed by atoms with van der Waals surface area (Å²) in [7, 11) is 0. The first-order valence-electron chi connectivity index (χ1n) is 1.09. The van der Waals surface area contributed by atoms with Crippen molar-refractivity contribution in [3.63, 3.8) is 0 Å². The van der Waals surface area contributed by atoms with E-state index in [9.17, 15) is 0 Å².